The quantitative estimate of drug-likeness (QED) is 0.0888. The fourth-order valence-corrected chi connectivity index (χ4v) is 8.31. The van der Waals surface area contributed by atoms with E-state index in [1.165, 1.54) is 0 Å². The van der Waals surface area contributed by atoms with Crippen molar-refractivity contribution in [2.75, 3.05) is 56.8 Å². The number of methoxy groups -OCH3 is 2. The van der Waals surface area contributed by atoms with Crippen molar-refractivity contribution in [2.45, 2.75) is 117 Å². The maximum absolute atomic E-state index is 12.7. The van der Waals surface area contributed by atoms with Crippen LogP contribution in [0.2, 0.25) is 18.1 Å². The van der Waals surface area contributed by atoms with E-state index in [0.717, 1.165) is 34.0 Å². The van der Waals surface area contributed by atoms with Crippen LogP contribution in [0.5, 0.6) is 17.5 Å². The summed E-state index contributed by atoms with van der Waals surface area (Å²) in [5.74, 6) is 2.87. The summed E-state index contributed by atoms with van der Waals surface area (Å²) in [5.41, 5.74) is 3.88. The zero-order valence-electron chi connectivity index (χ0n) is 39.8. The minimum absolute atomic E-state index is 0.0849. The van der Waals surface area contributed by atoms with Crippen LogP contribution < -0.4 is 24.0 Å². The van der Waals surface area contributed by atoms with Crippen LogP contribution in [0.3, 0.4) is 0 Å². The number of anilines is 2. The molecule has 2 aromatic carbocycles. The summed E-state index contributed by atoms with van der Waals surface area (Å²) >= 11 is 0. The van der Waals surface area contributed by atoms with E-state index in [-0.39, 0.29) is 23.2 Å². The lowest BCUT2D eigenvalue weighted by Crippen LogP contribution is -2.50. The predicted octanol–water partition coefficient (Wildman–Crippen LogP) is 8.76. The van der Waals surface area contributed by atoms with Gasteiger partial charge >= 0.3 is 12.1 Å². The second-order valence-corrected chi connectivity index (χ2v) is 23.8. The number of ether oxygens (including phenoxy) is 4. The third-order valence-corrected chi connectivity index (χ3v) is 16.6. The molecule has 1 amide bonds. The first kappa shape index (κ1) is 48.0. The first-order valence-electron chi connectivity index (χ1n) is 22.2. The second kappa shape index (κ2) is 20.2. The number of carbonyl (C=O) groups excluding carboxylic acids is 1. The molecule has 1 unspecified atom stereocenters. The maximum atomic E-state index is 12.7. The lowest BCUT2D eigenvalue weighted by Gasteiger charge is -2.36. The van der Waals surface area contributed by atoms with Gasteiger partial charge in [0.15, 0.2) is 19.8 Å². The molecule has 6 rings (SSSR count). The van der Waals surface area contributed by atoms with Crippen molar-refractivity contribution in [1.82, 2.24) is 29.5 Å². The van der Waals surface area contributed by atoms with Crippen molar-refractivity contribution >= 4 is 31.7 Å². The average molecular weight is 897 g/mol. The number of aromatic nitrogens is 5. The summed E-state index contributed by atoms with van der Waals surface area (Å²) in [4.78, 5) is 33.6. The van der Waals surface area contributed by atoms with E-state index < -0.39 is 20.0 Å². The molecule has 4 heterocycles. The molecule has 1 fully saturated rings. The molecular weight excluding hydrogens is 829 g/mol. The Hall–Kier alpha value is -5.45. The molecule has 1 saturated heterocycles. The van der Waals surface area contributed by atoms with Gasteiger partial charge in [0, 0.05) is 64.1 Å². The van der Waals surface area contributed by atoms with E-state index in [9.17, 15) is 9.90 Å². The molecule has 1 aliphatic rings. The van der Waals surface area contributed by atoms with Gasteiger partial charge in [-0.25, -0.2) is 19.3 Å². The Labute approximate surface area is 379 Å². The van der Waals surface area contributed by atoms with E-state index in [4.69, 9.17) is 43.4 Å². The summed E-state index contributed by atoms with van der Waals surface area (Å²) in [6.07, 6.45) is 3.04. The van der Waals surface area contributed by atoms with Gasteiger partial charge in [0.05, 0.1) is 26.1 Å². The molecule has 1 aliphatic heterocycles. The van der Waals surface area contributed by atoms with Gasteiger partial charge in [0.25, 0.3) is 0 Å². The lowest BCUT2D eigenvalue weighted by atomic mass is 10.1. The molecule has 5 aromatic rings. The minimum Gasteiger partial charge on any atom is -0.497 e. The van der Waals surface area contributed by atoms with Gasteiger partial charge in [-0.05, 0) is 99.3 Å². The highest BCUT2D eigenvalue weighted by atomic mass is 28.4. The molecule has 2 atom stereocenters. The molecule has 15 nitrogen and oxygen atoms in total. The number of pyridine rings is 1. The summed E-state index contributed by atoms with van der Waals surface area (Å²) in [5, 5.41) is 17.2. The molecule has 1 N–H and O–H groups in total. The van der Waals surface area contributed by atoms with Gasteiger partial charge in [0.1, 0.15) is 35.1 Å². The number of piperazine rings is 1. The Morgan fingerprint density at radius 1 is 0.875 bits per heavy atom. The van der Waals surface area contributed by atoms with E-state index in [0.29, 0.717) is 81.4 Å². The van der Waals surface area contributed by atoms with Crippen LogP contribution in [-0.4, -0.2) is 108 Å². The van der Waals surface area contributed by atoms with Crippen LogP contribution in [0.4, 0.5) is 16.4 Å². The SMILES string of the molecule is CC[C@@H](CCO[Si](C)(C)C(C)(C)C)Oc1nc(N(Cc2ccc(OC)cc2)Cc2ccc(OC)cc2)c2ncc(C(O)c3cnc(N4CCN(C(=O)OC(C)(C)C)CC4)c(C)c3)n2n1. The number of carbonyl (C=O) groups is 1. The Morgan fingerprint density at radius 3 is 1.98 bits per heavy atom. The van der Waals surface area contributed by atoms with Crippen LogP contribution in [0.25, 0.3) is 5.65 Å². The Kier molecular flexibility index (Phi) is 15.1. The van der Waals surface area contributed by atoms with Gasteiger partial charge in [-0.3, -0.25) is 0 Å². The molecule has 16 heteroatoms. The normalized spacial score (nSPS) is 14.6. The summed E-state index contributed by atoms with van der Waals surface area (Å²) in [6, 6.07) is 18.0. The average Bonchev–Trinajstić information content (AvgIpc) is 3.68. The first-order valence-corrected chi connectivity index (χ1v) is 25.1. The number of aliphatic hydroxyl groups excluding tert-OH is 1. The predicted molar refractivity (Wildman–Crippen MR) is 252 cm³/mol. The molecule has 0 bridgehead atoms. The fraction of sp³-hybridized carbons (Fsp3) is 0.521. The largest absolute Gasteiger partial charge is 0.497 e. The number of amides is 1. The van der Waals surface area contributed by atoms with E-state index >= 15 is 0 Å². The molecule has 0 spiro atoms. The van der Waals surface area contributed by atoms with Gasteiger partial charge in [-0.2, -0.15) is 4.98 Å². The molecular formula is C48H68N8O7Si. The third-order valence-electron chi connectivity index (χ3n) is 12.1. The fourth-order valence-electron chi connectivity index (χ4n) is 7.25. The van der Waals surface area contributed by atoms with Gasteiger partial charge in [-0.1, -0.05) is 52.0 Å². The van der Waals surface area contributed by atoms with Crippen molar-refractivity contribution in [1.29, 1.82) is 0 Å². The number of benzene rings is 2. The van der Waals surface area contributed by atoms with Crippen molar-refractivity contribution < 1.29 is 33.3 Å². The lowest BCUT2D eigenvalue weighted by molar-refractivity contribution is 0.0240. The topological polar surface area (TPSA) is 149 Å². The smallest absolute Gasteiger partial charge is 0.410 e. The van der Waals surface area contributed by atoms with Gasteiger partial charge in [-0.15, -0.1) is 5.10 Å². The van der Waals surface area contributed by atoms with Crippen molar-refractivity contribution in [3.63, 3.8) is 0 Å². The first-order chi connectivity index (χ1) is 30.3. The number of nitrogens with zero attached hydrogens (tertiary/aromatic N) is 8. The third kappa shape index (κ3) is 11.8. The van der Waals surface area contributed by atoms with Crippen LogP contribution in [0, 0.1) is 6.92 Å². The van der Waals surface area contributed by atoms with E-state index in [1.54, 1.807) is 36.0 Å². The van der Waals surface area contributed by atoms with Crippen molar-refractivity contribution in [3.8, 4) is 17.5 Å². The Bertz CT molecular complexity index is 2270. The highest BCUT2D eigenvalue weighted by Gasteiger charge is 2.37. The number of imidazole rings is 1. The Balaban J connectivity index is 1.35. The monoisotopic (exact) mass is 896 g/mol. The van der Waals surface area contributed by atoms with Crippen LogP contribution in [0.1, 0.15) is 95.4 Å². The van der Waals surface area contributed by atoms with E-state index in [2.05, 4.69) is 50.6 Å². The van der Waals surface area contributed by atoms with Gasteiger partial charge < -0.3 is 43.2 Å². The molecule has 346 valence electrons. The van der Waals surface area contributed by atoms with Crippen molar-refractivity contribution in [2.24, 2.45) is 0 Å². The summed E-state index contributed by atoms with van der Waals surface area (Å²) < 4.78 is 31.4. The standard InChI is InChI=1S/C48H68N8O7Si/c1-13-37(22-27-61-64(11,12)48(6,7)8)62-45-51-44(55(31-34-14-18-38(59-9)19-15-34)32-35-16-20-39(60-10)21-17-35)43-50-30-40(56(43)52-45)41(57)36-28-33(2)42(49-29-36)53-23-25-54(26-24-53)46(58)63-47(3,4)5/h14-21,28-30,37,41,57H,13,22-27,31-32H2,1-12H3/t37-,41?/m0/s1. The number of hydrogen-bond acceptors (Lipinski definition) is 13. The zero-order valence-corrected chi connectivity index (χ0v) is 40.8. The number of rotatable bonds is 17. The molecule has 64 heavy (non-hydrogen) atoms. The number of fused-ring (bicyclic) bond motifs is 1. The minimum atomic E-state index is -1.97. The molecule has 3 aromatic heterocycles. The van der Waals surface area contributed by atoms with Crippen LogP contribution in [0.15, 0.2) is 67.0 Å². The summed E-state index contributed by atoms with van der Waals surface area (Å²) in [6.45, 7) is 24.7. The molecule has 0 radical (unpaired) electrons. The zero-order chi connectivity index (χ0) is 46.4. The summed E-state index contributed by atoms with van der Waals surface area (Å²) in [7, 11) is 1.33. The highest BCUT2D eigenvalue weighted by Crippen LogP contribution is 2.37. The number of aliphatic hydroxyl groups is 1. The Morgan fingerprint density at radius 2 is 1.47 bits per heavy atom. The van der Waals surface area contributed by atoms with Gasteiger partial charge in [0.2, 0.25) is 0 Å². The van der Waals surface area contributed by atoms with E-state index in [1.807, 2.05) is 82.3 Å². The highest BCUT2D eigenvalue weighted by molar-refractivity contribution is 6.74. The molecule has 0 aliphatic carbocycles. The number of hydrogen-bond donors (Lipinski definition) is 1. The maximum Gasteiger partial charge on any atom is 0.410 e. The number of aryl methyl sites for hydroxylation is 1. The van der Waals surface area contributed by atoms with Crippen molar-refractivity contribution in [3.05, 3.63) is 94.9 Å². The van der Waals surface area contributed by atoms with Crippen LogP contribution >= 0.6 is 0 Å². The second-order valence-electron chi connectivity index (χ2n) is 19.0. The molecule has 0 saturated carbocycles. The van der Waals surface area contributed by atoms with Crippen LogP contribution in [-0.2, 0) is 22.3 Å².